The van der Waals surface area contributed by atoms with Crippen LogP contribution in [0.2, 0.25) is 4.34 Å². The van der Waals surface area contributed by atoms with Crippen molar-refractivity contribution in [1.82, 2.24) is 15.1 Å². The van der Waals surface area contributed by atoms with Crippen molar-refractivity contribution in [2.45, 2.75) is 26.4 Å². The lowest BCUT2D eigenvalue weighted by Crippen LogP contribution is -2.22. The van der Waals surface area contributed by atoms with Gasteiger partial charge in [0.05, 0.1) is 10.9 Å². The van der Waals surface area contributed by atoms with Gasteiger partial charge in [0, 0.05) is 23.7 Å². The Kier molecular flexibility index (Phi) is 7.33. The van der Waals surface area contributed by atoms with Crippen molar-refractivity contribution in [3.63, 3.8) is 0 Å². The zero-order valence-electron chi connectivity index (χ0n) is 15.5. The summed E-state index contributed by atoms with van der Waals surface area (Å²) in [6.45, 7) is 7.96. The molecule has 3 rings (SSSR count). The fourth-order valence-corrected chi connectivity index (χ4v) is 4.54. The van der Waals surface area contributed by atoms with Crippen LogP contribution >= 0.6 is 34.3 Å². The van der Waals surface area contributed by atoms with Crippen molar-refractivity contribution in [1.29, 1.82) is 0 Å². The first kappa shape index (κ1) is 20.7. The highest BCUT2D eigenvalue weighted by Gasteiger charge is 2.16. The molecule has 1 amide bonds. The van der Waals surface area contributed by atoms with Gasteiger partial charge in [-0.05, 0) is 36.2 Å². The largest absolute Gasteiger partial charge is 0.320 e. The maximum atomic E-state index is 12.4. The summed E-state index contributed by atoms with van der Waals surface area (Å²) in [6, 6.07) is 11.7. The molecule has 0 saturated carbocycles. The van der Waals surface area contributed by atoms with Gasteiger partial charge in [0.25, 0.3) is 5.91 Å². The summed E-state index contributed by atoms with van der Waals surface area (Å²) in [5, 5.41) is 12.3. The first-order chi connectivity index (χ1) is 13.6. The normalized spacial score (nSPS) is 11.0. The minimum atomic E-state index is -0.242. The Morgan fingerprint density at radius 3 is 2.61 bits per heavy atom. The lowest BCUT2D eigenvalue weighted by Gasteiger charge is -2.17. The highest BCUT2D eigenvalue weighted by Crippen LogP contribution is 2.24. The molecule has 2 heterocycles. The molecular weight excluding hydrogens is 412 g/mol. The summed E-state index contributed by atoms with van der Waals surface area (Å²) in [6.07, 6.45) is 2.82. The number of nitrogens with one attached hydrogen (secondary N) is 1. The van der Waals surface area contributed by atoms with E-state index in [-0.39, 0.29) is 5.91 Å². The number of rotatable bonds is 9. The van der Waals surface area contributed by atoms with Crippen molar-refractivity contribution in [3.8, 4) is 0 Å². The Morgan fingerprint density at radius 2 is 1.96 bits per heavy atom. The summed E-state index contributed by atoms with van der Waals surface area (Å²) >= 11 is 8.88. The predicted octanol–water partition coefficient (Wildman–Crippen LogP) is 5.26. The van der Waals surface area contributed by atoms with Gasteiger partial charge in [0.2, 0.25) is 5.01 Å². The average molecular weight is 433 g/mol. The second-order valence-electron chi connectivity index (χ2n) is 6.17. The van der Waals surface area contributed by atoms with Crippen LogP contribution in [-0.4, -0.2) is 27.5 Å². The lowest BCUT2D eigenvalue weighted by atomic mass is 10.1. The molecule has 1 aromatic carbocycles. The second kappa shape index (κ2) is 9.93. The van der Waals surface area contributed by atoms with Crippen LogP contribution in [0.1, 0.15) is 32.2 Å². The molecular formula is C20H21ClN4OS2. The van der Waals surface area contributed by atoms with Crippen LogP contribution in [0.25, 0.3) is 0 Å². The minimum absolute atomic E-state index is 0.242. The summed E-state index contributed by atoms with van der Waals surface area (Å²) in [5.41, 5.74) is 1.98. The van der Waals surface area contributed by atoms with Crippen LogP contribution in [0.3, 0.4) is 0 Å². The van der Waals surface area contributed by atoms with Gasteiger partial charge in [-0.2, -0.15) is 0 Å². The van der Waals surface area contributed by atoms with Gasteiger partial charge in [-0.15, -0.1) is 28.1 Å². The number of hydrogen-bond donors (Lipinski definition) is 1. The van der Waals surface area contributed by atoms with Gasteiger partial charge >= 0.3 is 0 Å². The third kappa shape index (κ3) is 5.72. The van der Waals surface area contributed by atoms with Gasteiger partial charge in [-0.25, -0.2) is 0 Å². The van der Waals surface area contributed by atoms with E-state index < -0.39 is 0 Å². The van der Waals surface area contributed by atoms with Crippen molar-refractivity contribution >= 4 is 45.9 Å². The van der Waals surface area contributed by atoms with Crippen LogP contribution < -0.4 is 5.32 Å². The van der Waals surface area contributed by atoms with E-state index in [1.807, 2.05) is 42.5 Å². The summed E-state index contributed by atoms with van der Waals surface area (Å²) in [4.78, 5) is 15.8. The second-order valence-corrected chi connectivity index (χ2v) is 9.03. The fraction of sp³-hybridized carbons (Fsp3) is 0.250. The molecule has 0 aliphatic heterocycles. The highest BCUT2D eigenvalue weighted by atomic mass is 35.5. The monoisotopic (exact) mass is 432 g/mol. The molecule has 146 valence electrons. The van der Waals surface area contributed by atoms with E-state index >= 15 is 0 Å². The Morgan fingerprint density at radius 1 is 1.18 bits per heavy atom. The molecule has 1 N–H and O–H groups in total. The first-order valence-electron chi connectivity index (χ1n) is 8.87. The predicted molar refractivity (Wildman–Crippen MR) is 117 cm³/mol. The highest BCUT2D eigenvalue weighted by molar-refractivity contribution is 7.16. The van der Waals surface area contributed by atoms with Gasteiger partial charge in [-0.3, -0.25) is 9.69 Å². The number of nitrogens with zero attached hydrogens (tertiary/aromatic N) is 3. The van der Waals surface area contributed by atoms with Gasteiger partial charge < -0.3 is 5.32 Å². The van der Waals surface area contributed by atoms with Crippen molar-refractivity contribution in [3.05, 3.63) is 73.8 Å². The van der Waals surface area contributed by atoms with E-state index in [2.05, 4.69) is 33.9 Å². The molecule has 0 aliphatic carbocycles. The summed E-state index contributed by atoms with van der Waals surface area (Å²) < 4.78 is 0.774. The fourth-order valence-electron chi connectivity index (χ4n) is 2.63. The Balaban J connectivity index is 1.62. The zero-order valence-corrected chi connectivity index (χ0v) is 17.9. The molecule has 0 bridgehead atoms. The molecule has 8 heteroatoms. The molecule has 0 unspecified atom stereocenters. The third-order valence-electron chi connectivity index (χ3n) is 4.04. The molecule has 0 radical (unpaired) electrons. The number of aromatic nitrogens is 2. The molecule has 28 heavy (non-hydrogen) atoms. The smallest absolute Gasteiger partial charge is 0.286 e. The zero-order chi connectivity index (χ0) is 19.9. The van der Waals surface area contributed by atoms with Crippen LogP contribution in [0.4, 0.5) is 5.69 Å². The van der Waals surface area contributed by atoms with Crippen LogP contribution in [0, 0.1) is 0 Å². The molecule has 3 aromatic rings. The van der Waals surface area contributed by atoms with E-state index in [9.17, 15) is 4.79 Å². The Bertz CT molecular complexity index is 936. The van der Waals surface area contributed by atoms with Gasteiger partial charge in [0.15, 0.2) is 0 Å². The molecule has 0 fully saturated rings. The Hall–Kier alpha value is -2.06. The number of halogens is 1. The number of benzene rings is 1. The molecule has 0 saturated heterocycles. The molecule has 0 spiro atoms. The van der Waals surface area contributed by atoms with E-state index in [0.717, 1.165) is 28.0 Å². The number of hydrogen-bond acceptors (Lipinski definition) is 6. The maximum Gasteiger partial charge on any atom is 0.286 e. The number of carbonyl (C=O) groups excluding carboxylic acids is 1. The summed E-state index contributed by atoms with van der Waals surface area (Å²) in [7, 11) is 0. The molecule has 2 aromatic heterocycles. The number of carbonyl (C=O) groups is 1. The molecule has 5 nitrogen and oxygen atoms in total. The van der Waals surface area contributed by atoms with Gasteiger partial charge in [-0.1, -0.05) is 48.1 Å². The maximum absolute atomic E-state index is 12.4. The lowest BCUT2D eigenvalue weighted by molar-refractivity contribution is 0.102. The standard InChI is InChI=1S/C20H21ClN4OS2/c1-3-11-25(12-16-9-10-17(21)27-16)13-18-23-24-20(28-18)19(26)22-15-7-5-14(4-2)6-8-15/h3,5-10H,1,4,11-13H2,2H3,(H,22,26). The SMILES string of the molecule is C=CCN(Cc1ccc(Cl)s1)Cc1nnc(C(=O)Nc2ccc(CC)cc2)s1. The Labute approximate surface area is 177 Å². The number of aryl methyl sites for hydroxylation is 1. The van der Waals surface area contributed by atoms with Crippen LogP contribution in [0.15, 0.2) is 49.1 Å². The minimum Gasteiger partial charge on any atom is -0.320 e. The van der Waals surface area contributed by atoms with Crippen molar-refractivity contribution < 1.29 is 4.79 Å². The van der Waals surface area contributed by atoms with E-state index in [4.69, 9.17) is 11.6 Å². The van der Waals surface area contributed by atoms with E-state index in [1.165, 1.54) is 21.8 Å². The molecule has 0 aliphatic rings. The first-order valence-corrected chi connectivity index (χ1v) is 10.9. The van der Waals surface area contributed by atoms with Crippen LogP contribution in [-0.2, 0) is 19.5 Å². The number of amides is 1. The van der Waals surface area contributed by atoms with E-state index in [1.54, 1.807) is 11.3 Å². The van der Waals surface area contributed by atoms with E-state index in [0.29, 0.717) is 18.1 Å². The number of anilines is 1. The quantitative estimate of drug-likeness (QED) is 0.469. The van der Waals surface area contributed by atoms with Crippen molar-refractivity contribution in [2.24, 2.45) is 0 Å². The van der Waals surface area contributed by atoms with Gasteiger partial charge in [0.1, 0.15) is 5.01 Å². The number of thiophene rings is 1. The third-order valence-corrected chi connectivity index (χ3v) is 6.16. The summed E-state index contributed by atoms with van der Waals surface area (Å²) in [5.74, 6) is -0.242. The van der Waals surface area contributed by atoms with Crippen LogP contribution in [0.5, 0.6) is 0 Å². The topological polar surface area (TPSA) is 58.1 Å². The average Bonchev–Trinajstić information content (AvgIpc) is 3.31. The van der Waals surface area contributed by atoms with Crippen molar-refractivity contribution in [2.75, 3.05) is 11.9 Å². The molecule has 0 atom stereocenters.